The zero-order valence-corrected chi connectivity index (χ0v) is 21.0. The Bertz CT molecular complexity index is 1360. The van der Waals surface area contributed by atoms with E-state index in [1.54, 1.807) is 25.1 Å². The molecule has 0 spiro atoms. The van der Waals surface area contributed by atoms with Gasteiger partial charge in [-0.25, -0.2) is 13.9 Å². The van der Waals surface area contributed by atoms with Gasteiger partial charge in [0.05, 0.1) is 18.7 Å². The van der Waals surface area contributed by atoms with Crippen LogP contribution in [0.2, 0.25) is 0 Å². The van der Waals surface area contributed by atoms with Gasteiger partial charge in [-0.2, -0.15) is 5.10 Å². The van der Waals surface area contributed by atoms with Gasteiger partial charge >= 0.3 is 5.97 Å². The Hall–Kier alpha value is -3.82. The summed E-state index contributed by atoms with van der Waals surface area (Å²) in [6.45, 7) is 2.35. The quantitative estimate of drug-likeness (QED) is 0.474. The SMILES string of the molecule is COC(=O)C12CCC(CNC(=O)c3cc(C(=O)NCc4ccc(F)c(C)c4)nc4ccnn34)(CC1)CC2. The van der Waals surface area contributed by atoms with E-state index in [4.69, 9.17) is 4.74 Å². The number of benzene rings is 1. The Balaban J connectivity index is 1.28. The minimum absolute atomic E-state index is 0.0464. The van der Waals surface area contributed by atoms with Gasteiger partial charge in [0.15, 0.2) is 5.65 Å². The summed E-state index contributed by atoms with van der Waals surface area (Å²) in [7, 11) is 1.44. The van der Waals surface area contributed by atoms with E-state index < -0.39 is 5.91 Å². The molecule has 0 saturated heterocycles. The molecule has 0 aliphatic heterocycles. The molecule has 2 aromatic heterocycles. The monoisotopic (exact) mass is 507 g/mol. The van der Waals surface area contributed by atoms with Crippen LogP contribution in [0.15, 0.2) is 36.5 Å². The van der Waals surface area contributed by atoms with Gasteiger partial charge in [-0.1, -0.05) is 12.1 Å². The molecular formula is C27H30FN5O4. The van der Waals surface area contributed by atoms with Crippen LogP contribution >= 0.6 is 0 Å². The second kappa shape index (κ2) is 9.57. The third-order valence-corrected chi connectivity index (χ3v) is 8.14. The molecule has 10 heteroatoms. The van der Waals surface area contributed by atoms with Crippen molar-refractivity contribution in [3.8, 4) is 0 Å². The van der Waals surface area contributed by atoms with Gasteiger partial charge in [0.1, 0.15) is 17.2 Å². The fourth-order valence-electron chi connectivity index (χ4n) is 5.69. The zero-order valence-electron chi connectivity index (χ0n) is 21.0. The van der Waals surface area contributed by atoms with Crippen LogP contribution in [-0.4, -0.2) is 46.0 Å². The lowest BCUT2D eigenvalue weighted by molar-refractivity contribution is -0.162. The predicted molar refractivity (Wildman–Crippen MR) is 132 cm³/mol. The standard InChI is InChI=1S/C27H30FN5O4/c1-17-13-18(3-4-19(17)28)15-29-23(34)20-14-21(33-22(32-20)5-12-31-33)24(35)30-16-26-6-9-27(10-7-26,11-8-26)25(36)37-2/h3-5,12-14H,6-11,15-16H2,1-2H3,(H,29,34)(H,30,35). The first-order valence-corrected chi connectivity index (χ1v) is 12.5. The van der Waals surface area contributed by atoms with Crippen molar-refractivity contribution in [1.82, 2.24) is 25.2 Å². The van der Waals surface area contributed by atoms with Crippen molar-refractivity contribution >= 4 is 23.4 Å². The number of fused-ring (bicyclic) bond motifs is 4. The van der Waals surface area contributed by atoms with Crippen molar-refractivity contribution in [3.63, 3.8) is 0 Å². The van der Waals surface area contributed by atoms with Crippen molar-refractivity contribution in [2.45, 2.75) is 52.0 Å². The normalized spacial score (nSPS) is 22.6. The van der Waals surface area contributed by atoms with E-state index in [2.05, 4.69) is 20.7 Å². The highest BCUT2D eigenvalue weighted by molar-refractivity contribution is 5.98. The van der Waals surface area contributed by atoms with Gasteiger partial charge in [0.25, 0.3) is 11.8 Å². The van der Waals surface area contributed by atoms with Crippen molar-refractivity contribution in [2.75, 3.05) is 13.7 Å². The van der Waals surface area contributed by atoms with Gasteiger partial charge in [-0.15, -0.1) is 0 Å². The summed E-state index contributed by atoms with van der Waals surface area (Å²) in [5.74, 6) is -1.22. The Morgan fingerprint density at radius 2 is 1.76 bits per heavy atom. The molecule has 3 aliphatic rings. The molecule has 0 unspecified atom stereocenters. The minimum Gasteiger partial charge on any atom is -0.469 e. The molecule has 3 aliphatic carbocycles. The number of ether oxygens (including phenoxy) is 1. The zero-order chi connectivity index (χ0) is 26.2. The topological polar surface area (TPSA) is 115 Å². The average molecular weight is 508 g/mol. The summed E-state index contributed by atoms with van der Waals surface area (Å²) in [5, 5.41) is 10.0. The number of carbonyl (C=O) groups excluding carboxylic acids is 3. The smallest absolute Gasteiger partial charge is 0.311 e. The number of esters is 1. The lowest BCUT2D eigenvalue weighted by Crippen LogP contribution is -2.50. The summed E-state index contributed by atoms with van der Waals surface area (Å²) < 4.78 is 20.0. The van der Waals surface area contributed by atoms with E-state index in [0.29, 0.717) is 17.8 Å². The maximum Gasteiger partial charge on any atom is 0.311 e. The summed E-state index contributed by atoms with van der Waals surface area (Å²) >= 11 is 0. The summed E-state index contributed by atoms with van der Waals surface area (Å²) in [6.07, 6.45) is 6.39. The Morgan fingerprint density at radius 3 is 2.43 bits per heavy atom. The lowest BCUT2D eigenvalue weighted by Gasteiger charge is -2.51. The summed E-state index contributed by atoms with van der Waals surface area (Å²) in [5.41, 5.74) is 1.52. The van der Waals surface area contributed by atoms with Gasteiger partial charge in [0, 0.05) is 25.2 Å². The third-order valence-electron chi connectivity index (χ3n) is 8.14. The number of nitrogens with one attached hydrogen (secondary N) is 2. The Kier molecular flexibility index (Phi) is 6.43. The fraction of sp³-hybridized carbons (Fsp3) is 0.444. The first-order chi connectivity index (χ1) is 17.7. The number of aryl methyl sites for hydroxylation is 1. The maximum atomic E-state index is 13.5. The molecule has 1 aromatic carbocycles. The number of carbonyl (C=O) groups is 3. The lowest BCUT2D eigenvalue weighted by atomic mass is 9.53. The highest BCUT2D eigenvalue weighted by Gasteiger charge is 2.53. The van der Waals surface area contributed by atoms with E-state index in [9.17, 15) is 18.8 Å². The molecule has 3 fully saturated rings. The van der Waals surface area contributed by atoms with Crippen LogP contribution in [-0.2, 0) is 16.1 Å². The van der Waals surface area contributed by atoms with Crippen LogP contribution in [0.4, 0.5) is 4.39 Å². The van der Waals surface area contributed by atoms with E-state index >= 15 is 0 Å². The molecule has 2 amide bonds. The number of nitrogens with zero attached hydrogens (tertiary/aromatic N) is 3. The van der Waals surface area contributed by atoms with Crippen LogP contribution < -0.4 is 10.6 Å². The van der Waals surface area contributed by atoms with Crippen LogP contribution in [0.3, 0.4) is 0 Å². The molecule has 6 rings (SSSR count). The number of rotatable bonds is 7. The van der Waals surface area contributed by atoms with Crippen LogP contribution in [0.25, 0.3) is 5.65 Å². The summed E-state index contributed by atoms with van der Waals surface area (Å²) in [4.78, 5) is 42.8. The molecule has 194 valence electrons. The second-order valence-electron chi connectivity index (χ2n) is 10.3. The molecule has 2 bridgehead atoms. The molecule has 3 aromatic rings. The Labute approximate surface area is 213 Å². The van der Waals surface area contributed by atoms with E-state index in [0.717, 1.165) is 44.1 Å². The number of methoxy groups -OCH3 is 1. The molecule has 0 atom stereocenters. The van der Waals surface area contributed by atoms with Crippen molar-refractivity contribution < 1.29 is 23.5 Å². The van der Waals surface area contributed by atoms with Crippen molar-refractivity contribution in [3.05, 3.63) is 64.9 Å². The molecule has 2 N–H and O–H groups in total. The largest absolute Gasteiger partial charge is 0.469 e. The molecule has 9 nitrogen and oxygen atoms in total. The van der Waals surface area contributed by atoms with Crippen LogP contribution in [0.5, 0.6) is 0 Å². The van der Waals surface area contributed by atoms with E-state index in [-0.39, 0.29) is 46.5 Å². The summed E-state index contributed by atoms with van der Waals surface area (Å²) in [6, 6.07) is 7.71. The Morgan fingerprint density at radius 1 is 1.03 bits per heavy atom. The second-order valence-corrected chi connectivity index (χ2v) is 10.3. The minimum atomic E-state index is -0.447. The van der Waals surface area contributed by atoms with Crippen LogP contribution in [0.1, 0.15) is 70.6 Å². The van der Waals surface area contributed by atoms with Gasteiger partial charge in [-0.3, -0.25) is 14.4 Å². The predicted octanol–water partition coefficient (Wildman–Crippen LogP) is 3.35. The van der Waals surface area contributed by atoms with E-state index in [1.807, 2.05) is 0 Å². The van der Waals surface area contributed by atoms with E-state index in [1.165, 1.54) is 30.0 Å². The van der Waals surface area contributed by atoms with Crippen molar-refractivity contribution in [2.24, 2.45) is 10.8 Å². The number of hydrogen-bond acceptors (Lipinski definition) is 6. The fourth-order valence-corrected chi connectivity index (χ4v) is 5.69. The highest BCUT2D eigenvalue weighted by atomic mass is 19.1. The first kappa shape index (κ1) is 24.9. The van der Waals surface area contributed by atoms with Gasteiger partial charge in [0.2, 0.25) is 0 Å². The number of amides is 2. The molecule has 37 heavy (non-hydrogen) atoms. The average Bonchev–Trinajstić information content (AvgIpc) is 3.41. The third kappa shape index (κ3) is 4.68. The van der Waals surface area contributed by atoms with Crippen molar-refractivity contribution in [1.29, 1.82) is 0 Å². The number of halogens is 1. The first-order valence-electron chi connectivity index (χ1n) is 12.5. The molecule has 0 radical (unpaired) electrons. The highest BCUT2D eigenvalue weighted by Crippen LogP contribution is 2.57. The number of aromatic nitrogens is 3. The molecule has 2 heterocycles. The molecular weight excluding hydrogens is 477 g/mol. The maximum absolute atomic E-state index is 13.5. The van der Waals surface area contributed by atoms with Crippen LogP contribution in [0, 0.1) is 23.6 Å². The van der Waals surface area contributed by atoms with Gasteiger partial charge in [-0.05, 0) is 68.1 Å². The number of hydrogen-bond donors (Lipinski definition) is 2. The molecule has 3 saturated carbocycles. The van der Waals surface area contributed by atoms with Gasteiger partial charge < -0.3 is 15.4 Å².